The zero-order valence-electron chi connectivity index (χ0n) is 14.2. The predicted molar refractivity (Wildman–Crippen MR) is 94.7 cm³/mol. The lowest BCUT2D eigenvalue weighted by atomic mass is 10.1. The van der Waals surface area contributed by atoms with Crippen LogP contribution >= 0.6 is 11.3 Å². The Hall–Kier alpha value is -3.14. The normalized spacial score (nSPS) is 16.4. The summed E-state index contributed by atoms with van der Waals surface area (Å²) < 4.78 is 10.2. The first-order valence-corrected chi connectivity index (χ1v) is 8.96. The van der Waals surface area contributed by atoms with E-state index in [1.54, 1.807) is 17.5 Å². The maximum atomic E-state index is 12.1. The number of anilines is 1. The molecule has 10 heteroatoms. The van der Waals surface area contributed by atoms with Crippen molar-refractivity contribution in [3.8, 4) is 0 Å². The lowest BCUT2D eigenvalue weighted by molar-refractivity contribution is -0.151. The molecule has 1 aliphatic heterocycles. The van der Waals surface area contributed by atoms with Crippen LogP contribution in [0.2, 0.25) is 0 Å². The van der Waals surface area contributed by atoms with Crippen molar-refractivity contribution in [3.05, 3.63) is 41.2 Å². The molecule has 0 spiro atoms. The Kier molecular flexibility index (Phi) is 5.55. The number of furan rings is 1. The van der Waals surface area contributed by atoms with Gasteiger partial charge in [-0.2, -0.15) is 0 Å². The fourth-order valence-corrected chi connectivity index (χ4v) is 3.50. The minimum Gasteiger partial charge on any atom is -0.467 e. The SMILES string of the molecule is NC(=O)c1ccsc1NC(=O)COC(=O)[C@H]1CC(=O)N(Cc2ccco2)C1. The molecule has 2 aromatic rings. The maximum Gasteiger partial charge on any atom is 0.311 e. The Morgan fingerprint density at radius 1 is 1.37 bits per heavy atom. The third-order valence-electron chi connectivity index (χ3n) is 4.00. The number of primary amides is 1. The Morgan fingerprint density at radius 2 is 2.19 bits per heavy atom. The molecular weight excluding hydrogens is 374 g/mol. The molecule has 27 heavy (non-hydrogen) atoms. The smallest absolute Gasteiger partial charge is 0.311 e. The monoisotopic (exact) mass is 391 g/mol. The molecule has 1 saturated heterocycles. The van der Waals surface area contributed by atoms with Gasteiger partial charge in [-0.25, -0.2) is 0 Å². The average Bonchev–Trinajstić information content (AvgIpc) is 3.35. The first-order chi connectivity index (χ1) is 12.9. The van der Waals surface area contributed by atoms with E-state index in [2.05, 4.69) is 5.32 Å². The highest BCUT2D eigenvalue weighted by atomic mass is 32.1. The molecule has 0 aliphatic carbocycles. The number of hydrogen-bond acceptors (Lipinski definition) is 7. The number of nitrogens with zero attached hydrogens (tertiary/aromatic N) is 1. The summed E-state index contributed by atoms with van der Waals surface area (Å²) in [5.41, 5.74) is 5.39. The van der Waals surface area contributed by atoms with Gasteiger partial charge < -0.3 is 25.1 Å². The second-order valence-corrected chi connectivity index (χ2v) is 6.85. The summed E-state index contributed by atoms with van der Waals surface area (Å²) in [7, 11) is 0. The van der Waals surface area contributed by atoms with Gasteiger partial charge in [0.1, 0.15) is 10.8 Å². The van der Waals surface area contributed by atoms with Crippen molar-refractivity contribution in [2.45, 2.75) is 13.0 Å². The summed E-state index contributed by atoms with van der Waals surface area (Å²) in [6.07, 6.45) is 1.54. The molecule has 3 rings (SSSR count). The lowest BCUT2D eigenvalue weighted by Gasteiger charge is -2.14. The van der Waals surface area contributed by atoms with Crippen molar-refractivity contribution in [1.29, 1.82) is 0 Å². The second kappa shape index (κ2) is 8.04. The van der Waals surface area contributed by atoms with Crippen LogP contribution in [0.25, 0.3) is 0 Å². The number of carbonyl (C=O) groups excluding carboxylic acids is 4. The van der Waals surface area contributed by atoms with Crippen molar-refractivity contribution in [1.82, 2.24) is 4.90 Å². The van der Waals surface area contributed by atoms with E-state index in [4.69, 9.17) is 14.9 Å². The van der Waals surface area contributed by atoms with Crippen molar-refractivity contribution < 1.29 is 28.3 Å². The van der Waals surface area contributed by atoms with Gasteiger partial charge in [0, 0.05) is 13.0 Å². The molecule has 142 valence electrons. The zero-order valence-corrected chi connectivity index (χ0v) is 15.0. The minimum absolute atomic E-state index is 0.0257. The van der Waals surface area contributed by atoms with E-state index in [0.29, 0.717) is 10.8 Å². The summed E-state index contributed by atoms with van der Waals surface area (Å²) in [6, 6.07) is 4.96. The number of carbonyl (C=O) groups is 4. The summed E-state index contributed by atoms with van der Waals surface area (Å²) in [4.78, 5) is 48.8. The van der Waals surface area contributed by atoms with Crippen LogP contribution in [0.15, 0.2) is 34.3 Å². The molecule has 0 radical (unpaired) electrons. The molecule has 1 aliphatic rings. The molecule has 0 bridgehead atoms. The van der Waals surface area contributed by atoms with E-state index in [-0.39, 0.29) is 31.0 Å². The molecule has 3 N–H and O–H groups in total. The number of rotatable bonds is 7. The third kappa shape index (κ3) is 4.53. The number of nitrogens with one attached hydrogen (secondary N) is 1. The van der Waals surface area contributed by atoms with Gasteiger partial charge in [-0.05, 0) is 23.6 Å². The van der Waals surface area contributed by atoms with Gasteiger partial charge in [0.2, 0.25) is 5.91 Å². The van der Waals surface area contributed by atoms with Crippen LogP contribution in [0.1, 0.15) is 22.5 Å². The van der Waals surface area contributed by atoms with Crippen LogP contribution in [-0.2, 0) is 25.7 Å². The molecule has 0 saturated carbocycles. The van der Waals surface area contributed by atoms with Crippen molar-refractivity contribution in [3.63, 3.8) is 0 Å². The van der Waals surface area contributed by atoms with Gasteiger partial charge in [0.25, 0.3) is 11.8 Å². The van der Waals surface area contributed by atoms with Gasteiger partial charge in [0.05, 0.1) is 24.3 Å². The van der Waals surface area contributed by atoms with Crippen LogP contribution in [-0.4, -0.2) is 41.7 Å². The van der Waals surface area contributed by atoms with Crippen LogP contribution in [0.4, 0.5) is 5.00 Å². The molecule has 0 aromatic carbocycles. The number of hydrogen-bond donors (Lipinski definition) is 2. The lowest BCUT2D eigenvalue weighted by Crippen LogP contribution is -2.28. The van der Waals surface area contributed by atoms with Crippen molar-refractivity contribution >= 4 is 40.0 Å². The fraction of sp³-hybridized carbons (Fsp3) is 0.294. The van der Waals surface area contributed by atoms with Crippen LogP contribution in [0.3, 0.4) is 0 Å². The Morgan fingerprint density at radius 3 is 2.89 bits per heavy atom. The molecule has 9 nitrogen and oxygen atoms in total. The van der Waals surface area contributed by atoms with E-state index >= 15 is 0 Å². The van der Waals surface area contributed by atoms with E-state index < -0.39 is 30.3 Å². The maximum absolute atomic E-state index is 12.1. The van der Waals surface area contributed by atoms with E-state index in [1.165, 1.54) is 17.2 Å². The highest BCUT2D eigenvalue weighted by molar-refractivity contribution is 7.14. The van der Waals surface area contributed by atoms with E-state index in [1.807, 2.05) is 0 Å². The van der Waals surface area contributed by atoms with Gasteiger partial charge in [-0.15, -0.1) is 11.3 Å². The largest absolute Gasteiger partial charge is 0.467 e. The quantitative estimate of drug-likeness (QED) is 0.676. The number of esters is 1. The summed E-state index contributed by atoms with van der Waals surface area (Å²) in [6.45, 7) is -0.0289. The molecule has 0 unspecified atom stereocenters. The topological polar surface area (TPSA) is 132 Å². The van der Waals surface area contributed by atoms with E-state index in [0.717, 1.165) is 11.3 Å². The standard InChI is InChI=1S/C17H17N3O6S/c18-15(23)12-3-5-27-16(12)19-13(21)9-26-17(24)10-6-14(22)20(7-10)8-11-2-1-4-25-11/h1-5,10H,6-9H2,(H2,18,23)(H,19,21)/t10-/m0/s1. The van der Waals surface area contributed by atoms with Gasteiger partial charge in [-0.3, -0.25) is 19.2 Å². The average molecular weight is 391 g/mol. The zero-order chi connectivity index (χ0) is 19.4. The molecule has 3 amide bonds. The highest BCUT2D eigenvalue weighted by Crippen LogP contribution is 2.23. The van der Waals surface area contributed by atoms with Crippen LogP contribution in [0.5, 0.6) is 0 Å². The number of likely N-dealkylation sites (tertiary alicyclic amines) is 1. The molecule has 3 heterocycles. The summed E-state index contributed by atoms with van der Waals surface area (Å²) in [5, 5.41) is 4.38. The number of amides is 3. The summed E-state index contributed by atoms with van der Waals surface area (Å²) in [5.74, 6) is -2.07. The Balaban J connectivity index is 1.47. The first kappa shape index (κ1) is 18.6. The highest BCUT2D eigenvalue weighted by Gasteiger charge is 2.35. The molecule has 1 atom stereocenters. The second-order valence-electron chi connectivity index (χ2n) is 5.94. The van der Waals surface area contributed by atoms with Crippen molar-refractivity contribution in [2.75, 3.05) is 18.5 Å². The Bertz CT molecular complexity index is 860. The molecule has 1 fully saturated rings. The van der Waals surface area contributed by atoms with Crippen LogP contribution in [0, 0.1) is 5.92 Å². The molecule has 2 aromatic heterocycles. The van der Waals surface area contributed by atoms with Gasteiger partial charge in [0.15, 0.2) is 6.61 Å². The third-order valence-corrected chi connectivity index (χ3v) is 4.83. The van der Waals surface area contributed by atoms with Gasteiger partial charge in [-0.1, -0.05) is 0 Å². The van der Waals surface area contributed by atoms with Gasteiger partial charge >= 0.3 is 5.97 Å². The number of ether oxygens (including phenoxy) is 1. The first-order valence-electron chi connectivity index (χ1n) is 8.08. The Labute approximate surface area is 158 Å². The number of thiophene rings is 1. The number of nitrogens with two attached hydrogens (primary N) is 1. The minimum atomic E-state index is -0.662. The summed E-state index contributed by atoms with van der Waals surface area (Å²) >= 11 is 1.13. The van der Waals surface area contributed by atoms with Crippen molar-refractivity contribution in [2.24, 2.45) is 11.7 Å². The fourth-order valence-electron chi connectivity index (χ4n) is 2.69. The molecular formula is C17H17N3O6S. The van der Waals surface area contributed by atoms with Crippen LogP contribution < -0.4 is 11.1 Å². The predicted octanol–water partition coefficient (Wildman–Crippen LogP) is 0.970. The van der Waals surface area contributed by atoms with E-state index in [9.17, 15) is 19.2 Å².